The summed E-state index contributed by atoms with van der Waals surface area (Å²) in [5.74, 6) is 0.180. The fraction of sp³-hybridized carbons (Fsp3) is 0.929. The second kappa shape index (κ2) is 9.34. The molecule has 1 saturated heterocycles. The zero-order valence-electron chi connectivity index (χ0n) is 11.8. The van der Waals surface area contributed by atoms with E-state index in [1.807, 2.05) is 13.8 Å². The number of ether oxygens (including phenoxy) is 1. The number of piperidine rings is 1. The predicted molar refractivity (Wildman–Crippen MR) is 73.6 cm³/mol. The number of unbranched alkanes of at least 4 members (excludes halogenated alkanes) is 1. The highest BCUT2D eigenvalue weighted by atomic mass is 16.5. The molecule has 4 heteroatoms. The highest BCUT2D eigenvalue weighted by Gasteiger charge is 2.15. The van der Waals surface area contributed by atoms with Gasteiger partial charge < -0.3 is 15.4 Å². The second-order valence-electron chi connectivity index (χ2n) is 5.33. The van der Waals surface area contributed by atoms with E-state index in [9.17, 15) is 4.79 Å². The highest BCUT2D eigenvalue weighted by molar-refractivity contribution is 5.76. The summed E-state index contributed by atoms with van der Waals surface area (Å²) in [7, 11) is 0. The SMILES string of the molecule is CC(C)OCCCCNC(=O)CC1CCCCN1. The molecule has 1 rings (SSSR count). The van der Waals surface area contributed by atoms with Gasteiger partial charge in [0.2, 0.25) is 5.91 Å². The quantitative estimate of drug-likeness (QED) is 0.652. The van der Waals surface area contributed by atoms with E-state index >= 15 is 0 Å². The molecule has 0 aromatic heterocycles. The van der Waals surface area contributed by atoms with Gasteiger partial charge in [0.25, 0.3) is 0 Å². The lowest BCUT2D eigenvalue weighted by atomic mass is 10.0. The Kier molecular flexibility index (Phi) is 8.01. The number of carbonyl (C=O) groups excluding carboxylic acids is 1. The van der Waals surface area contributed by atoms with Crippen LogP contribution >= 0.6 is 0 Å². The van der Waals surface area contributed by atoms with Crippen molar-refractivity contribution < 1.29 is 9.53 Å². The lowest BCUT2D eigenvalue weighted by Gasteiger charge is -2.22. The van der Waals surface area contributed by atoms with E-state index in [1.54, 1.807) is 0 Å². The van der Waals surface area contributed by atoms with E-state index in [0.29, 0.717) is 18.6 Å². The van der Waals surface area contributed by atoms with Crippen LogP contribution in [0.1, 0.15) is 52.4 Å². The summed E-state index contributed by atoms with van der Waals surface area (Å²) in [6.45, 7) is 6.70. The van der Waals surface area contributed by atoms with Crippen LogP contribution in [0.5, 0.6) is 0 Å². The van der Waals surface area contributed by atoms with Crippen LogP contribution in [0.2, 0.25) is 0 Å². The molecule has 2 N–H and O–H groups in total. The highest BCUT2D eigenvalue weighted by Crippen LogP contribution is 2.09. The summed E-state index contributed by atoms with van der Waals surface area (Å²) >= 11 is 0. The number of amides is 1. The van der Waals surface area contributed by atoms with Gasteiger partial charge in [-0.25, -0.2) is 0 Å². The first-order valence-corrected chi connectivity index (χ1v) is 7.30. The number of hydrogen-bond acceptors (Lipinski definition) is 3. The maximum atomic E-state index is 11.7. The van der Waals surface area contributed by atoms with Gasteiger partial charge in [-0.1, -0.05) is 6.42 Å². The molecule has 0 radical (unpaired) electrons. The normalized spacial score (nSPS) is 20.1. The number of nitrogens with one attached hydrogen (secondary N) is 2. The molecule has 1 heterocycles. The van der Waals surface area contributed by atoms with Crippen LogP contribution in [-0.2, 0) is 9.53 Å². The number of carbonyl (C=O) groups is 1. The van der Waals surface area contributed by atoms with Gasteiger partial charge in [0, 0.05) is 25.6 Å². The molecule has 1 atom stereocenters. The van der Waals surface area contributed by atoms with E-state index in [2.05, 4.69) is 10.6 Å². The molecule has 1 fully saturated rings. The fourth-order valence-corrected chi connectivity index (χ4v) is 2.17. The van der Waals surface area contributed by atoms with E-state index < -0.39 is 0 Å². The molecule has 4 nitrogen and oxygen atoms in total. The van der Waals surface area contributed by atoms with Crippen molar-refractivity contribution >= 4 is 5.91 Å². The predicted octanol–water partition coefficient (Wildman–Crippen LogP) is 1.84. The van der Waals surface area contributed by atoms with Crippen LogP contribution in [-0.4, -0.2) is 37.7 Å². The van der Waals surface area contributed by atoms with Gasteiger partial charge in [0.05, 0.1) is 6.10 Å². The van der Waals surface area contributed by atoms with Gasteiger partial charge in [-0.2, -0.15) is 0 Å². The Labute approximate surface area is 111 Å². The molecular weight excluding hydrogens is 228 g/mol. The van der Waals surface area contributed by atoms with Gasteiger partial charge in [-0.15, -0.1) is 0 Å². The first-order chi connectivity index (χ1) is 8.68. The van der Waals surface area contributed by atoms with E-state index in [1.165, 1.54) is 12.8 Å². The zero-order valence-corrected chi connectivity index (χ0v) is 11.8. The van der Waals surface area contributed by atoms with Crippen LogP contribution in [0.25, 0.3) is 0 Å². The largest absolute Gasteiger partial charge is 0.379 e. The summed E-state index contributed by atoms with van der Waals surface area (Å²) in [5, 5.41) is 6.38. The summed E-state index contributed by atoms with van der Waals surface area (Å²) in [5.41, 5.74) is 0. The average molecular weight is 256 g/mol. The Balaban J connectivity index is 1.93. The van der Waals surface area contributed by atoms with Gasteiger partial charge in [0.1, 0.15) is 0 Å². The van der Waals surface area contributed by atoms with Gasteiger partial charge >= 0.3 is 0 Å². The minimum Gasteiger partial charge on any atom is -0.379 e. The molecular formula is C14H28N2O2. The molecule has 1 aliphatic rings. The van der Waals surface area contributed by atoms with Gasteiger partial charge in [-0.05, 0) is 46.1 Å². The first-order valence-electron chi connectivity index (χ1n) is 7.30. The van der Waals surface area contributed by atoms with E-state index in [-0.39, 0.29) is 5.91 Å². The van der Waals surface area contributed by atoms with Gasteiger partial charge in [-0.3, -0.25) is 4.79 Å². The summed E-state index contributed by atoms with van der Waals surface area (Å²) < 4.78 is 5.45. The number of hydrogen-bond donors (Lipinski definition) is 2. The Morgan fingerprint density at radius 2 is 2.22 bits per heavy atom. The maximum Gasteiger partial charge on any atom is 0.221 e. The standard InChI is InChI=1S/C14H28N2O2/c1-12(2)18-10-6-5-9-16-14(17)11-13-7-3-4-8-15-13/h12-13,15H,3-11H2,1-2H3,(H,16,17). The maximum absolute atomic E-state index is 11.7. The molecule has 0 saturated carbocycles. The van der Waals surface area contributed by atoms with Crippen LogP contribution in [0.3, 0.4) is 0 Å². The van der Waals surface area contributed by atoms with Crippen molar-refractivity contribution in [3.63, 3.8) is 0 Å². The Morgan fingerprint density at radius 3 is 2.89 bits per heavy atom. The van der Waals surface area contributed by atoms with Crippen molar-refractivity contribution in [3.8, 4) is 0 Å². The fourth-order valence-electron chi connectivity index (χ4n) is 2.17. The van der Waals surface area contributed by atoms with Crippen molar-refractivity contribution in [1.82, 2.24) is 10.6 Å². The molecule has 0 bridgehead atoms. The molecule has 0 aliphatic carbocycles. The number of rotatable bonds is 8. The van der Waals surface area contributed by atoms with Crippen molar-refractivity contribution in [1.29, 1.82) is 0 Å². The molecule has 0 aromatic carbocycles. The third-order valence-corrected chi connectivity index (χ3v) is 3.19. The van der Waals surface area contributed by atoms with E-state index in [4.69, 9.17) is 4.74 Å². The Morgan fingerprint density at radius 1 is 1.39 bits per heavy atom. The Hall–Kier alpha value is -0.610. The minimum atomic E-state index is 0.180. The monoisotopic (exact) mass is 256 g/mol. The third-order valence-electron chi connectivity index (χ3n) is 3.19. The summed E-state index contributed by atoms with van der Waals surface area (Å²) in [4.78, 5) is 11.7. The molecule has 106 valence electrons. The zero-order chi connectivity index (χ0) is 13.2. The lowest BCUT2D eigenvalue weighted by molar-refractivity contribution is -0.121. The van der Waals surface area contributed by atoms with Crippen molar-refractivity contribution in [2.75, 3.05) is 19.7 Å². The summed E-state index contributed by atoms with van der Waals surface area (Å²) in [6, 6.07) is 0.392. The summed E-state index contributed by atoms with van der Waals surface area (Å²) in [6.07, 6.45) is 6.57. The third kappa shape index (κ3) is 7.67. The first kappa shape index (κ1) is 15.4. The minimum absolute atomic E-state index is 0.180. The van der Waals surface area contributed by atoms with E-state index in [0.717, 1.165) is 39.0 Å². The smallest absolute Gasteiger partial charge is 0.221 e. The van der Waals surface area contributed by atoms with Crippen LogP contribution in [0.4, 0.5) is 0 Å². The molecule has 0 aromatic rings. The van der Waals surface area contributed by atoms with Crippen molar-refractivity contribution in [2.24, 2.45) is 0 Å². The molecule has 0 spiro atoms. The van der Waals surface area contributed by atoms with Crippen LogP contribution < -0.4 is 10.6 Å². The lowest BCUT2D eigenvalue weighted by Crippen LogP contribution is -2.38. The topological polar surface area (TPSA) is 50.4 Å². The van der Waals surface area contributed by atoms with Crippen LogP contribution in [0, 0.1) is 0 Å². The molecule has 18 heavy (non-hydrogen) atoms. The van der Waals surface area contributed by atoms with Crippen molar-refractivity contribution in [2.45, 2.75) is 64.5 Å². The molecule has 1 aliphatic heterocycles. The van der Waals surface area contributed by atoms with Crippen molar-refractivity contribution in [3.05, 3.63) is 0 Å². The Bertz CT molecular complexity index is 226. The molecule has 1 unspecified atom stereocenters. The van der Waals surface area contributed by atoms with Gasteiger partial charge in [0.15, 0.2) is 0 Å². The second-order valence-corrected chi connectivity index (χ2v) is 5.33. The molecule has 1 amide bonds. The average Bonchev–Trinajstić information content (AvgIpc) is 2.34. The van der Waals surface area contributed by atoms with Crippen LogP contribution in [0.15, 0.2) is 0 Å².